The third-order valence-electron chi connectivity index (χ3n) is 5.52. The Morgan fingerprint density at radius 1 is 1.26 bits per heavy atom. The first-order chi connectivity index (χ1) is 12.8. The molecule has 0 saturated carbocycles. The second-order valence-corrected chi connectivity index (χ2v) is 7.95. The molecule has 5 rings (SSSR count). The minimum Gasteiger partial charge on any atom is -0.387 e. The Kier molecular flexibility index (Phi) is 5.92. The highest BCUT2D eigenvalue weighted by Crippen LogP contribution is 2.41. The van der Waals surface area contributed by atoms with Gasteiger partial charge in [0.1, 0.15) is 0 Å². The number of hydrogen-bond donors (Lipinski definition) is 3. The van der Waals surface area contributed by atoms with E-state index in [-0.39, 0.29) is 6.04 Å². The van der Waals surface area contributed by atoms with Gasteiger partial charge >= 0.3 is 10.4 Å². The molecule has 0 amide bonds. The Balaban J connectivity index is 0.000000376. The fraction of sp³-hybridized carbons (Fsp3) is 0.421. The lowest BCUT2D eigenvalue weighted by molar-refractivity contribution is -0.0444. The standard InChI is InChI=1S/C19H22N2O.H2O4S/c1-2-13-12-21-10-8-14(13)11-18(21)19(22)16-7-9-20-17-6-4-3-5-15(16)17;1-5(2,3)4/h2-7,9,13-14,18-19,22H,1,8,10-12H2;(H2,1,2,3,4)/t13-,14-,18-,19+;/m1./s1. The molecule has 0 radical (unpaired) electrons. The highest BCUT2D eigenvalue weighted by atomic mass is 32.3. The maximum Gasteiger partial charge on any atom is 0.394 e. The molecule has 27 heavy (non-hydrogen) atoms. The number of rotatable bonds is 3. The zero-order valence-electron chi connectivity index (χ0n) is 14.8. The van der Waals surface area contributed by atoms with E-state index in [0.29, 0.717) is 11.8 Å². The van der Waals surface area contributed by atoms with Crippen LogP contribution in [-0.2, 0) is 10.4 Å². The van der Waals surface area contributed by atoms with E-state index < -0.39 is 16.5 Å². The van der Waals surface area contributed by atoms with Gasteiger partial charge in [-0.15, -0.1) is 6.58 Å². The fourth-order valence-electron chi connectivity index (χ4n) is 4.29. The average molecular weight is 392 g/mol. The van der Waals surface area contributed by atoms with Gasteiger partial charge < -0.3 is 5.11 Å². The Hall–Kier alpha value is -1.84. The second kappa shape index (κ2) is 8.04. The molecule has 2 bridgehead atoms. The van der Waals surface area contributed by atoms with E-state index in [1.807, 2.05) is 30.5 Å². The number of hydrogen-bond acceptors (Lipinski definition) is 5. The molecule has 0 aliphatic carbocycles. The summed E-state index contributed by atoms with van der Waals surface area (Å²) in [6, 6.07) is 10.3. The van der Waals surface area contributed by atoms with Crippen molar-refractivity contribution in [1.82, 2.24) is 9.88 Å². The van der Waals surface area contributed by atoms with Gasteiger partial charge in [-0.2, -0.15) is 8.42 Å². The zero-order valence-corrected chi connectivity index (χ0v) is 15.7. The minimum atomic E-state index is -4.67. The summed E-state index contributed by atoms with van der Waals surface area (Å²) in [7, 11) is -4.67. The lowest BCUT2D eigenvalue weighted by Crippen LogP contribution is -2.54. The summed E-state index contributed by atoms with van der Waals surface area (Å²) >= 11 is 0. The zero-order chi connectivity index (χ0) is 19.6. The maximum absolute atomic E-state index is 11.0. The smallest absolute Gasteiger partial charge is 0.387 e. The number of aliphatic hydroxyl groups excluding tert-OH is 1. The largest absolute Gasteiger partial charge is 0.394 e. The molecular weight excluding hydrogens is 368 g/mol. The van der Waals surface area contributed by atoms with Gasteiger partial charge in [-0.05, 0) is 48.9 Å². The van der Waals surface area contributed by atoms with Crippen LogP contribution in [0.2, 0.25) is 0 Å². The highest BCUT2D eigenvalue weighted by molar-refractivity contribution is 7.79. The molecule has 3 aliphatic heterocycles. The molecule has 1 unspecified atom stereocenters. The van der Waals surface area contributed by atoms with E-state index in [9.17, 15) is 5.11 Å². The molecule has 8 heteroatoms. The predicted octanol–water partition coefficient (Wildman–Crippen LogP) is 2.51. The summed E-state index contributed by atoms with van der Waals surface area (Å²) in [5.74, 6) is 1.27. The molecule has 1 aromatic carbocycles. The van der Waals surface area contributed by atoms with Gasteiger partial charge in [0, 0.05) is 24.2 Å². The number of para-hydroxylation sites is 1. The number of fused-ring (bicyclic) bond motifs is 4. The van der Waals surface area contributed by atoms with Crippen LogP contribution in [0.1, 0.15) is 24.5 Å². The van der Waals surface area contributed by atoms with Crippen molar-refractivity contribution in [3.63, 3.8) is 0 Å². The van der Waals surface area contributed by atoms with Gasteiger partial charge in [0.15, 0.2) is 0 Å². The lowest BCUT2D eigenvalue weighted by atomic mass is 9.73. The first kappa shape index (κ1) is 19.9. The van der Waals surface area contributed by atoms with Crippen molar-refractivity contribution in [3.05, 3.63) is 54.7 Å². The third kappa shape index (κ3) is 4.72. The number of pyridine rings is 1. The monoisotopic (exact) mass is 392 g/mol. The van der Waals surface area contributed by atoms with Gasteiger partial charge in [0.05, 0.1) is 11.6 Å². The van der Waals surface area contributed by atoms with Crippen LogP contribution in [0.5, 0.6) is 0 Å². The number of aromatic nitrogens is 1. The molecular formula is C19H24N2O5S. The van der Waals surface area contributed by atoms with Gasteiger partial charge in [0.25, 0.3) is 0 Å². The SMILES string of the molecule is C=C[C@@H]1CN2CC[C@@H]1C[C@@H]2[C@@H](O)c1ccnc2ccccc12.O=S(=O)(O)O. The molecule has 3 saturated heterocycles. The number of nitrogens with zero attached hydrogens (tertiary/aromatic N) is 2. The Morgan fingerprint density at radius 2 is 1.96 bits per heavy atom. The van der Waals surface area contributed by atoms with Crippen LogP contribution in [0.4, 0.5) is 0 Å². The van der Waals surface area contributed by atoms with Gasteiger partial charge in [0.2, 0.25) is 0 Å². The molecule has 3 N–H and O–H groups in total. The molecule has 146 valence electrons. The normalized spacial score (nSPS) is 28.3. The van der Waals surface area contributed by atoms with Crippen molar-refractivity contribution in [2.24, 2.45) is 11.8 Å². The summed E-state index contributed by atoms with van der Waals surface area (Å²) in [4.78, 5) is 6.86. The topological polar surface area (TPSA) is 111 Å². The van der Waals surface area contributed by atoms with Gasteiger partial charge in [-0.25, -0.2) is 0 Å². The summed E-state index contributed by atoms with van der Waals surface area (Å²) in [5.41, 5.74) is 1.97. The second-order valence-electron chi connectivity index (χ2n) is 7.06. The first-order valence-electron chi connectivity index (χ1n) is 8.86. The molecule has 3 fully saturated rings. The van der Waals surface area contributed by atoms with Crippen LogP contribution in [0.25, 0.3) is 10.9 Å². The van der Waals surface area contributed by atoms with Crippen molar-refractivity contribution in [1.29, 1.82) is 0 Å². The molecule has 7 nitrogen and oxygen atoms in total. The molecule has 5 atom stereocenters. The molecule has 1 aromatic heterocycles. The lowest BCUT2D eigenvalue weighted by Gasteiger charge is -2.50. The summed E-state index contributed by atoms with van der Waals surface area (Å²) in [6.45, 7) is 6.11. The average Bonchev–Trinajstić information content (AvgIpc) is 2.66. The Bertz CT molecular complexity index is 904. The van der Waals surface area contributed by atoms with Crippen LogP contribution in [-0.4, -0.2) is 51.6 Å². The number of aliphatic hydroxyl groups is 1. The van der Waals surface area contributed by atoms with E-state index in [1.54, 1.807) is 0 Å². The quantitative estimate of drug-likeness (QED) is 0.544. The fourth-order valence-corrected chi connectivity index (χ4v) is 4.29. The van der Waals surface area contributed by atoms with Crippen LogP contribution in [0, 0.1) is 11.8 Å². The van der Waals surface area contributed by atoms with Crippen LogP contribution in [0.15, 0.2) is 49.2 Å². The van der Waals surface area contributed by atoms with Crippen molar-refractivity contribution in [2.75, 3.05) is 13.1 Å². The summed E-state index contributed by atoms with van der Waals surface area (Å²) < 4.78 is 31.6. The minimum absolute atomic E-state index is 0.223. The maximum atomic E-state index is 11.0. The third-order valence-corrected chi connectivity index (χ3v) is 5.52. The molecule has 4 heterocycles. The molecule has 0 spiro atoms. The first-order valence-corrected chi connectivity index (χ1v) is 10.3. The van der Waals surface area contributed by atoms with Gasteiger partial charge in [-0.1, -0.05) is 24.3 Å². The summed E-state index contributed by atoms with van der Waals surface area (Å²) in [5, 5.41) is 12.1. The van der Waals surface area contributed by atoms with Crippen molar-refractivity contribution < 1.29 is 22.6 Å². The summed E-state index contributed by atoms with van der Waals surface area (Å²) in [6.07, 6.45) is 5.76. The van der Waals surface area contributed by atoms with E-state index in [4.69, 9.17) is 17.5 Å². The van der Waals surface area contributed by atoms with Crippen LogP contribution >= 0.6 is 0 Å². The van der Waals surface area contributed by atoms with E-state index >= 15 is 0 Å². The highest BCUT2D eigenvalue weighted by Gasteiger charge is 2.42. The number of benzene rings is 1. The van der Waals surface area contributed by atoms with Crippen LogP contribution < -0.4 is 0 Å². The van der Waals surface area contributed by atoms with E-state index in [0.717, 1.165) is 36.0 Å². The Morgan fingerprint density at radius 3 is 2.59 bits per heavy atom. The van der Waals surface area contributed by atoms with Gasteiger partial charge in [-0.3, -0.25) is 19.0 Å². The van der Waals surface area contributed by atoms with Crippen molar-refractivity contribution >= 4 is 21.3 Å². The predicted molar refractivity (Wildman–Crippen MR) is 103 cm³/mol. The molecule has 3 aliphatic rings. The van der Waals surface area contributed by atoms with Crippen molar-refractivity contribution in [3.8, 4) is 0 Å². The number of piperidine rings is 3. The van der Waals surface area contributed by atoms with Crippen LogP contribution in [0.3, 0.4) is 0 Å². The van der Waals surface area contributed by atoms with Crippen molar-refractivity contribution in [2.45, 2.75) is 25.0 Å². The van der Waals surface area contributed by atoms with E-state index in [1.165, 1.54) is 6.42 Å². The van der Waals surface area contributed by atoms with E-state index in [2.05, 4.69) is 28.6 Å². The Labute approximate surface area is 158 Å². The molecule has 2 aromatic rings.